The highest BCUT2D eigenvalue weighted by Gasteiger charge is 2.51. The minimum atomic E-state index is -1.20. The number of aromatic nitrogens is 2. The number of carbonyl (C=O) groups excluding carboxylic acids is 2. The molecule has 2 fully saturated rings. The molecular weight excluding hydrogens is 358 g/mol. The quantitative estimate of drug-likeness (QED) is 0.547. The van der Waals surface area contributed by atoms with Gasteiger partial charge in [0.2, 0.25) is 5.91 Å². The molecule has 10 heteroatoms. The third-order valence-corrected chi connectivity index (χ3v) is 5.86. The second kappa shape index (κ2) is 6.22. The van der Waals surface area contributed by atoms with Crippen molar-refractivity contribution in [2.45, 2.75) is 17.8 Å². The highest BCUT2D eigenvalue weighted by atomic mass is 32.2. The first-order valence-electron chi connectivity index (χ1n) is 7.94. The minimum Gasteiger partial charge on any atom is -0.477 e. The lowest BCUT2D eigenvalue weighted by atomic mass is 10.0. The molecule has 3 aliphatic rings. The molecular formula is C16H15N5O4S. The van der Waals surface area contributed by atoms with Gasteiger partial charge in [0.25, 0.3) is 5.91 Å². The first-order chi connectivity index (χ1) is 12.5. The number of hydrogen-bond donors (Lipinski definition) is 2. The van der Waals surface area contributed by atoms with Gasteiger partial charge in [0.15, 0.2) is 5.82 Å². The zero-order valence-corrected chi connectivity index (χ0v) is 14.3. The van der Waals surface area contributed by atoms with Crippen LogP contribution >= 0.6 is 11.8 Å². The number of anilines is 1. The van der Waals surface area contributed by atoms with E-state index < -0.39 is 17.9 Å². The molecule has 0 unspecified atom stereocenters. The van der Waals surface area contributed by atoms with Crippen LogP contribution in [0, 0.1) is 0 Å². The number of rotatable bonds is 3. The standard InChI is InChI=1S/C16H15N5O4S/c17-11-14(23)21-12(16(24)25)9(7-26-15(11)21)5-8-1-4-20(13(8)22)10-6-18-2-3-19-10/h2-3,5-6,11,15H,1,4,7,17H2,(H,24,25)/b8-5+/t11-,15-/m1/s1. The van der Waals surface area contributed by atoms with Crippen LogP contribution in [0.3, 0.4) is 0 Å². The molecule has 2 saturated heterocycles. The SMILES string of the molecule is N[C@@H]1C(=O)N2C(C(=O)O)=C(/C=C3\CCN(c4cnccn4)C3=O)CS[C@H]12. The van der Waals surface area contributed by atoms with E-state index in [1.807, 2.05) is 0 Å². The Morgan fingerprint density at radius 3 is 2.88 bits per heavy atom. The van der Waals surface area contributed by atoms with Crippen LogP contribution in [-0.4, -0.2) is 61.5 Å². The van der Waals surface area contributed by atoms with Gasteiger partial charge in [-0.05, 0) is 18.1 Å². The summed E-state index contributed by atoms with van der Waals surface area (Å²) in [6.07, 6.45) is 6.58. The van der Waals surface area contributed by atoms with E-state index in [-0.39, 0.29) is 17.0 Å². The molecule has 1 aromatic heterocycles. The molecule has 9 nitrogen and oxygen atoms in total. The topological polar surface area (TPSA) is 130 Å². The third-order valence-electron chi connectivity index (χ3n) is 4.54. The zero-order chi connectivity index (χ0) is 18.4. The Labute approximate surface area is 152 Å². The van der Waals surface area contributed by atoms with Crippen molar-refractivity contribution in [1.82, 2.24) is 14.9 Å². The molecule has 2 atom stereocenters. The number of carbonyl (C=O) groups is 3. The van der Waals surface area contributed by atoms with Gasteiger partial charge in [0, 0.05) is 30.3 Å². The number of β-lactam (4-membered cyclic amide) rings is 1. The van der Waals surface area contributed by atoms with Crippen molar-refractivity contribution >= 4 is 35.4 Å². The smallest absolute Gasteiger partial charge is 0.352 e. The van der Waals surface area contributed by atoms with Crippen LogP contribution < -0.4 is 10.6 Å². The highest BCUT2D eigenvalue weighted by Crippen LogP contribution is 2.40. The fourth-order valence-electron chi connectivity index (χ4n) is 3.26. The Hall–Kier alpha value is -2.72. The number of carboxylic acid groups (broad SMARTS) is 1. The van der Waals surface area contributed by atoms with E-state index in [1.165, 1.54) is 40.2 Å². The average Bonchev–Trinajstić information content (AvgIpc) is 3.01. The number of nitrogens with two attached hydrogens (primary N) is 1. The van der Waals surface area contributed by atoms with Crippen molar-refractivity contribution in [2.24, 2.45) is 5.73 Å². The number of thioether (sulfide) groups is 1. The van der Waals surface area contributed by atoms with Gasteiger partial charge in [-0.15, -0.1) is 11.8 Å². The third kappa shape index (κ3) is 2.49. The van der Waals surface area contributed by atoms with Crippen molar-refractivity contribution in [3.05, 3.63) is 41.5 Å². The second-order valence-corrected chi connectivity index (χ2v) is 7.16. The molecule has 134 valence electrons. The van der Waals surface area contributed by atoms with Gasteiger partial charge in [0.05, 0.1) is 6.20 Å². The largest absolute Gasteiger partial charge is 0.477 e. The van der Waals surface area contributed by atoms with Crippen molar-refractivity contribution in [2.75, 3.05) is 17.2 Å². The molecule has 0 bridgehead atoms. The number of nitrogens with zero attached hydrogens (tertiary/aromatic N) is 4. The fourth-order valence-corrected chi connectivity index (χ4v) is 4.51. The molecule has 4 heterocycles. The Kier molecular flexibility index (Phi) is 4.00. The molecule has 4 rings (SSSR count). The van der Waals surface area contributed by atoms with Crippen LogP contribution in [0.15, 0.2) is 41.5 Å². The highest BCUT2D eigenvalue weighted by molar-refractivity contribution is 8.00. The summed E-state index contributed by atoms with van der Waals surface area (Å²) in [7, 11) is 0. The summed E-state index contributed by atoms with van der Waals surface area (Å²) in [6.45, 7) is 0.447. The van der Waals surface area contributed by atoms with Gasteiger partial charge in [-0.2, -0.15) is 0 Å². The van der Waals surface area contributed by atoms with E-state index in [2.05, 4.69) is 9.97 Å². The molecule has 2 amide bonds. The zero-order valence-electron chi connectivity index (χ0n) is 13.5. The molecule has 0 aliphatic carbocycles. The number of fused-ring (bicyclic) bond motifs is 1. The van der Waals surface area contributed by atoms with Crippen molar-refractivity contribution in [1.29, 1.82) is 0 Å². The number of allylic oxidation sites excluding steroid dienone is 1. The summed E-state index contributed by atoms with van der Waals surface area (Å²) in [4.78, 5) is 47.1. The molecule has 3 aliphatic heterocycles. The van der Waals surface area contributed by atoms with Gasteiger partial charge in [-0.1, -0.05) is 0 Å². The summed E-state index contributed by atoms with van der Waals surface area (Å²) in [5.74, 6) is -1.00. The van der Waals surface area contributed by atoms with Crippen LogP contribution in [0.4, 0.5) is 5.82 Å². The van der Waals surface area contributed by atoms with Crippen LogP contribution in [0.2, 0.25) is 0 Å². The summed E-state index contributed by atoms with van der Waals surface area (Å²) < 4.78 is 0. The molecule has 0 radical (unpaired) electrons. The fraction of sp³-hybridized carbons (Fsp3) is 0.312. The monoisotopic (exact) mass is 373 g/mol. The van der Waals surface area contributed by atoms with Crippen molar-refractivity contribution in [3.8, 4) is 0 Å². The van der Waals surface area contributed by atoms with Gasteiger partial charge in [0.1, 0.15) is 17.1 Å². The van der Waals surface area contributed by atoms with E-state index in [0.29, 0.717) is 35.7 Å². The minimum absolute atomic E-state index is 0.0845. The Balaban J connectivity index is 1.66. The normalized spacial score (nSPS) is 27.0. The average molecular weight is 373 g/mol. The lowest BCUT2D eigenvalue weighted by Gasteiger charge is -2.47. The predicted octanol–water partition coefficient (Wildman–Crippen LogP) is -0.279. The second-order valence-electron chi connectivity index (χ2n) is 6.05. The van der Waals surface area contributed by atoms with Crippen molar-refractivity contribution in [3.63, 3.8) is 0 Å². The molecule has 0 saturated carbocycles. The van der Waals surface area contributed by atoms with Crippen LogP contribution in [0.1, 0.15) is 6.42 Å². The van der Waals surface area contributed by atoms with E-state index in [4.69, 9.17) is 5.73 Å². The van der Waals surface area contributed by atoms with Crippen molar-refractivity contribution < 1.29 is 19.5 Å². The maximum atomic E-state index is 12.6. The first kappa shape index (κ1) is 16.7. The van der Waals surface area contributed by atoms with Crippen LogP contribution in [0.25, 0.3) is 0 Å². The predicted molar refractivity (Wildman–Crippen MR) is 92.8 cm³/mol. The van der Waals surface area contributed by atoms with Crippen LogP contribution in [-0.2, 0) is 14.4 Å². The lowest BCUT2D eigenvalue weighted by Crippen LogP contribution is -2.68. The van der Waals surface area contributed by atoms with Gasteiger partial charge in [-0.25, -0.2) is 9.78 Å². The Morgan fingerprint density at radius 2 is 2.19 bits per heavy atom. The van der Waals surface area contributed by atoms with Gasteiger partial charge >= 0.3 is 5.97 Å². The molecule has 3 N–H and O–H groups in total. The molecule has 0 aromatic carbocycles. The van der Waals surface area contributed by atoms with E-state index in [1.54, 1.807) is 6.08 Å². The van der Waals surface area contributed by atoms with Gasteiger partial charge in [-0.3, -0.25) is 24.4 Å². The first-order valence-corrected chi connectivity index (χ1v) is 8.99. The van der Waals surface area contributed by atoms with E-state index in [9.17, 15) is 19.5 Å². The Bertz CT molecular complexity index is 869. The van der Waals surface area contributed by atoms with E-state index in [0.717, 1.165) is 0 Å². The van der Waals surface area contributed by atoms with Crippen LogP contribution in [0.5, 0.6) is 0 Å². The van der Waals surface area contributed by atoms with Gasteiger partial charge < -0.3 is 10.8 Å². The number of amides is 2. The maximum Gasteiger partial charge on any atom is 0.352 e. The summed E-state index contributed by atoms with van der Waals surface area (Å²) in [5.41, 5.74) is 6.59. The summed E-state index contributed by atoms with van der Waals surface area (Å²) in [6, 6.07) is -0.677. The number of aliphatic carboxylic acids is 1. The molecule has 0 spiro atoms. The molecule has 26 heavy (non-hydrogen) atoms. The summed E-state index contributed by atoms with van der Waals surface area (Å²) in [5, 5.41) is 9.20. The maximum absolute atomic E-state index is 12.6. The Morgan fingerprint density at radius 1 is 1.38 bits per heavy atom. The lowest BCUT2D eigenvalue weighted by molar-refractivity contribution is -0.147. The molecule has 1 aromatic rings. The van der Waals surface area contributed by atoms with E-state index >= 15 is 0 Å². The summed E-state index contributed by atoms with van der Waals surface area (Å²) >= 11 is 1.40. The number of carboxylic acids is 1. The number of hydrogen-bond acceptors (Lipinski definition) is 7.